The molecule has 0 saturated heterocycles. The van der Waals surface area contributed by atoms with Gasteiger partial charge in [-0.2, -0.15) is 0 Å². The highest BCUT2D eigenvalue weighted by Crippen LogP contribution is 2.22. The Morgan fingerprint density at radius 2 is 1.47 bits per heavy atom. The van der Waals surface area contributed by atoms with Gasteiger partial charge >= 0.3 is 0 Å². The summed E-state index contributed by atoms with van der Waals surface area (Å²) >= 11 is 5.94. The SMILES string of the molecule is C=C(C)/C(CC(C)=O)=C(/Cl)CC.CC.CCC. The van der Waals surface area contributed by atoms with Gasteiger partial charge in [0.2, 0.25) is 0 Å². The number of carbonyl (C=O) groups is 1. The number of allylic oxidation sites excluding steroid dienone is 3. The largest absolute Gasteiger partial charge is 0.300 e. The summed E-state index contributed by atoms with van der Waals surface area (Å²) in [6.07, 6.45) is 2.42. The smallest absolute Gasteiger partial charge is 0.134 e. The Balaban J connectivity index is -0.000000337. The van der Waals surface area contributed by atoms with Crippen LogP contribution in [0.15, 0.2) is 22.8 Å². The molecule has 0 N–H and O–H groups in total. The third-order valence-corrected chi connectivity index (χ3v) is 2.07. The first kappa shape index (κ1) is 21.7. The Morgan fingerprint density at radius 1 is 1.12 bits per heavy atom. The zero-order valence-corrected chi connectivity index (χ0v) is 13.4. The first-order valence-corrected chi connectivity index (χ1v) is 6.81. The van der Waals surface area contributed by atoms with Crippen molar-refractivity contribution in [2.75, 3.05) is 0 Å². The molecule has 0 aromatic heterocycles. The lowest BCUT2D eigenvalue weighted by molar-refractivity contribution is -0.116. The van der Waals surface area contributed by atoms with Crippen LogP contribution < -0.4 is 0 Å². The molecule has 0 amide bonds. The van der Waals surface area contributed by atoms with Crippen molar-refractivity contribution in [3.8, 4) is 0 Å². The predicted molar refractivity (Wildman–Crippen MR) is 80.6 cm³/mol. The monoisotopic (exact) mass is 260 g/mol. The topological polar surface area (TPSA) is 17.1 Å². The molecule has 0 atom stereocenters. The number of carbonyl (C=O) groups excluding carboxylic acids is 1. The van der Waals surface area contributed by atoms with E-state index in [1.54, 1.807) is 6.92 Å². The highest BCUT2D eigenvalue weighted by atomic mass is 35.5. The van der Waals surface area contributed by atoms with Gasteiger partial charge in [0, 0.05) is 11.5 Å². The first-order chi connectivity index (χ1) is 7.90. The normalized spacial score (nSPS) is 10.1. The Hall–Kier alpha value is -0.560. The number of hydrogen-bond acceptors (Lipinski definition) is 1. The van der Waals surface area contributed by atoms with Crippen molar-refractivity contribution in [1.82, 2.24) is 0 Å². The van der Waals surface area contributed by atoms with Crippen LogP contribution in [0.25, 0.3) is 0 Å². The Kier molecular flexibility index (Phi) is 19.7. The number of halogens is 1. The lowest BCUT2D eigenvalue weighted by Crippen LogP contribution is -1.96. The van der Waals surface area contributed by atoms with Crippen LogP contribution in [0.2, 0.25) is 0 Å². The lowest BCUT2D eigenvalue weighted by Gasteiger charge is -2.06. The van der Waals surface area contributed by atoms with Gasteiger partial charge < -0.3 is 0 Å². The van der Waals surface area contributed by atoms with E-state index >= 15 is 0 Å². The minimum Gasteiger partial charge on any atom is -0.300 e. The average Bonchev–Trinajstić information content (AvgIpc) is 2.28. The Morgan fingerprint density at radius 3 is 1.65 bits per heavy atom. The van der Waals surface area contributed by atoms with Crippen LogP contribution in [-0.2, 0) is 4.79 Å². The molecule has 0 saturated carbocycles. The van der Waals surface area contributed by atoms with Gasteiger partial charge in [-0.1, -0.05) is 64.8 Å². The standard InChI is InChI=1S/C10H15ClO.C3H8.C2H6/c1-5-10(11)9(7(2)3)6-8(4)12;1-3-2;1-2/h2,5-6H2,1,3-4H3;3H2,1-2H3;1-2H3/b10-9+;;. The van der Waals surface area contributed by atoms with Crippen molar-refractivity contribution >= 4 is 17.4 Å². The second kappa shape index (κ2) is 15.4. The van der Waals surface area contributed by atoms with Crippen LogP contribution in [0.3, 0.4) is 0 Å². The van der Waals surface area contributed by atoms with Gasteiger partial charge in [0.15, 0.2) is 0 Å². The molecule has 1 nitrogen and oxygen atoms in total. The third-order valence-electron chi connectivity index (χ3n) is 1.58. The quantitative estimate of drug-likeness (QED) is 0.576. The molecular formula is C15H29ClO. The van der Waals surface area contributed by atoms with Gasteiger partial charge in [0.1, 0.15) is 5.78 Å². The van der Waals surface area contributed by atoms with Crippen LogP contribution in [0.1, 0.15) is 67.7 Å². The van der Waals surface area contributed by atoms with E-state index in [1.165, 1.54) is 6.42 Å². The van der Waals surface area contributed by atoms with Gasteiger partial charge in [0.25, 0.3) is 0 Å². The summed E-state index contributed by atoms with van der Waals surface area (Å²) < 4.78 is 0. The second-order valence-corrected chi connectivity index (χ2v) is 4.06. The van der Waals surface area contributed by atoms with E-state index in [0.29, 0.717) is 6.42 Å². The molecule has 0 heterocycles. The number of hydrogen-bond donors (Lipinski definition) is 0. The summed E-state index contributed by atoms with van der Waals surface area (Å²) in [5.74, 6) is 0.125. The molecule has 0 spiro atoms. The molecular weight excluding hydrogens is 232 g/mol. The van der Waals surface area contributed by atoms with E-state index < -0.39 is 0 Å². The molecule has 0 aliphatic carbocycles. The highest BCUT2D eigenvalue weighted by Gasteiger charge is 2.06. The van der Waals surface area contributed by atoms with E-state index in [-0.39, 0.29) is 5.78 Å². The fraction of sp³-hybridized carbons (Fsp3) is 0.667. The van der Waals surface area contributed by atoms with E-state index in [4.69, 9.17) is 11.6 Å². The summed E-state index contributed by atoms with van der Waals surface area (Å²) in [5, 5.41) is 0.748. The van der Waals surface area contributed by atoms with Crippen LogP contribution in [0.4, 0.5) is 0 Å². The molecule has 0 unspecified atom stereocenters. The van der Waals surface area contributed by atoms with Gasteiger partial charge in [0.05, 0.1) is 0 Å². The van der Waals surface area contributed by atoms with Crippen molar-refractivity contribution < 1.29 is 4.79 Å². The van der Waals surface area contributed by atoms with Gasteiger partial charge in [-0.25, -0.2) is 0 Å². The summed E-state index contributed by atoms with van der Waals surface area (Å²) in [6, 6.07) is 0. The molecule has 17 heavy (non-hydrogen) atoms. The molecule has 102 valence electrons. The van der Waals surface area contributed by atoms with E-state index in [9.17, 15) is 4.79 Å². The van der Waals surface area contributed by atoms with Crippen molar-refractivity contribution in [2.45, 2.75) is 67.7 Å². The van der Waals surface area contributed by atoms with Gasteiger partial charge in [-0.3, -0.25) is 4.79 Å². The maximum absolute atomic E-state index is 10.8. The molecule has 0 bridgehead atoms. The minimum atomic E-state index is 0.125. The van der Waals surface area contributed by atoms with Crippen LogP contribution in [-0.4, -0.2) is 5.78 Å². The molecule has 0 radical (unpaired) electrons. The molecule has 0 aromatic carbocycles. The van der Waals surface area contributed by atoms with Crippen molar-refractivity contribution in [1.29, 1.82) is 0 Å². The average molecular weight is 261 g/mol. The van der Waals surface area contributed by atoms with E-state index in [1.807, 2.05) is 27.7 Å². The molecule has 0 fully saturated rings. The minimum absolute atomic E-state index is 0.125. The molecule has 0 aliphatic heterocycles. The first-order valence-electron chi connectivity index (χ1n) is 6.43. The van der Waals surface area contributed by atoms with Crippen molar-refractivity contribution in [2.24, 2.45) is 0 Å². The van der Waals surface area contributed by atoms with E-state index in [2.05, 4.69) is 20.4 Å². The van der Waals surface area contributed by atoms with Crippen LogP contribution in [0.5, 0.6) is 0 Å². The Labute approximate surface area is 113 Å². The molecule has 0 aromatic rings. The summed E-state index contributed by atoms with van der Waals surface area (Å²) in [4.78, 5) is 10.8. The van der Waals surface area contributed by atoms with Gasteiger partial charge in [-0.15, -0.1) is 0 Å². The van der Waals surface area contributed by atoms with Crippen LogP contribution >= 0.6 is 11.6 Å². The summed E-state index contributed by atoms with van der Waals surface area (Å²) in [6.45, 7) is 17.4. The maximum Gasteiger partial charge on any atom is 0.134 e. The third kappa shape index (κ3) is 15.4. The zero-order chi connectivity index (χ0) is 14.4. The van der Waals surface area contributed by atoms with Crippen molar-refractivity contribution in [3.05, 3.63) is 22.8 Å². The fourth-order valence-corrected chi connectivity index (χ4v) is 1.17. The number of rotatable bonds is 4. The van der Waals surface area contributed by atoms with E-state index in [0.717, 1.165) is 22.6 Å². The zero-order valence-electron chi connectivity index (χ0n) is 12.6. The number of ketones is 1. The lowest BCUT2D eigenvalue weighted by atomic mass is 10.0. The highest BCUT2D eigenvalue weighted by molar-refractivity contribution is 6.30. The number of Topliss-reactive ketones (excluding diaryl/α,β-unsaturated/α-hetero) is 1. The van der Waals surface area contributed by atoms with Crippen LogP contribution in [0, 0.1) is 0 Å². The summed E-state index contributed by atoms with van der Waals surface area (Å²) in [7, 11) is 0. The maximum atomic E-state index is 10.8. The predicted octanol–water partition coefficient (Wildman–Crippen LogP) is 5.89. The summed E-state index contributed by atoms with van der Waals surface area (Å²) in [5.41, 5.74) is 1.78. The molecule has 0 aliphatic rings. The molecule has 2 heteroatoms. The van der Waals surface area contributed by atoms with Crippen molar-refractivity contribution in [3.63, 3.8) is 0 Å². The van der Waals surface area contributed by atoms with Gasteiger partial charge in [-0.05, 0) is 25.8 Å². The second-order valence-electron chi connectivity index (χ2n) is 3.60. The fourth-order valence-electron chi connectivity index (χ4n) is 0.941. The molecule has 0 rings (SSSR count). The Bertz CT molecular complexity index is 239.